The first-order valence-electron chi connectivity index (χ1n) is 5.48. The quantitative estimate of drug-likeness (QED) is 0.702. The second kappa shape index (κ2) is 5.13. The van der Waals surface area contributed by atoms with Crippen molar-refractivity contribution in [2.45, 2.75) is 26.7 Å². The fourth-order valence-corrected chi connectivity index (χ4v) is 1.83. The standard InChI is InChI=1S/C11H18N2O2/c1-3-11(4-2,9-12)10(14)13-5-7-15-8-6-13/h3-8H2,1-2H3. The van der Waals surface area contributed by atoms with E-state index in [1.54, 1.807) is 4.90 Å². The predicted molar refractivity (Wildman–Crippen MR) is 56.0 cm³/mol. The van der Waals surface area contributed by atoms with Crippen LogP contribution in [0.15, 0.2) is 0 Å². The molecule has 1 fully saturated rings. The number of nitriles is 1. The predicted octanol–water partition coefficient (Wildman–Crippen LogP) is 1.18. The molecule has 0 bridgehead atoms. The number of amides is 1. The van der Waals surface area contributed by atoms with Crippen LogP contribution in [-0.2, 0) is 9.53 Å². The molecule has 0 aromatic carbocycles. The van der Waals surface area contributed by atoms with Crippen molar-refractivity contribution in [2.75, 3.05) is 26.3 Å². The number of hydrogen-bond acceptors (Lipinski definition) is 3. The SMILES string of the molecule is CCC(C#N)(CC)C(=O)N1CCOCC1. The molecule has 0 radical (unpaired) electrons. The third kappa shape index (κ3) is 2.29. The number of carbonyl (C=O) groups is 1. The van der Waals surface area contributed by atoms with Crippen LogP contribution in [0.4, 0.5) is 0 Å². The lowest BCUT2D eigenvalue weighted by Crippen LogP contribution is -2.48. The maximum absolute atomic E-state index is 12.2. The average Bonchev–Trinajstić information content (AvgIpc) is 2.33. The molecular weight excluding hydrogens is 192 g/mol. The van der Waals surface area contributed by atoms with Gasteiger partial charge in [-0.1, -0.05) is 13.8 Å². The molecule has 0 atom stereocenters. The highest BCUT2D eigenvalue weighted by atomic mass is 16.5. The molecule has 1 aliphatic heterocycles. The summed E-state index contributed by atoms with van der Waals surface area (Å²) in [6.07, 6.45) is 1.16. The van der Waals surface area contributed by atoms with E-state index in [0.29, 0.717) is 39.1 Å². The highest BCUT2D eigenvalue weighted by Crippen LogP contribution is 2.28. The van der Waals surface area contributed by atoms with Crippen LogP contribution in [0.2, 0.25) is 0 Å². The lowest BCUT2D eigenvalue weighted by atomic mass is 9.82. The molecule has 0 spiro atoms. The first-order chi connectivity index (χ1) is 7.20. The van der Waals surface area contributed by atoms with Crippen LogP contribution in [0, 0.1) is 16.7 Å². The minimum atomic E-state index is -0.822. The van der Waals surface area contributed by atoms with Gasteiger partial charge in [-0.3, -0.25) is 4.79 Å². The van der Waals surface area contributed by atoms with E-state index in [-0.39, 0.29) is 5.91 Å². The van der Waals surface area contributed by atoms with Gasteiger partial charge in [-0.05, 0) is 12.8 Å². The maximum Gasteiger partial charge on any atom is 0.243 e. The number of nitrogens with zero attached hydrogens (tertiary/aromatic N) is 2. The second-order valence-corrected chi connectivity index (χ2v) is 3.81. The molecule has 0 saturated carbocycles. The van der Waals surface area contributed by atoms with E-state index in [1.807, 2.05) is 13.8 Å². The van der Waals surface area contributed by atoms with Gasteiger partial charge in [0.25, 0.3) is 0 Å². The Morgan fingerprint density at radius 1 is 1.40 bits per heavy atom. The third-order valence-corrected chi connectivity index (χ3v) is 3.13. The van der Waals surface area contributed by atoms with Crippen LogP contribution in [-0.4, -0.2) is 37.1 Å². The largest absolute Gasteiger partial charge is 0.378 e. The Kier molecular flexibility index (Phi) is 4.10. The summed E-state index contributed by atoms with van der Waals surface area (Å²) in [7, 11) is 0. The van der Waals surface area contributed by atoms with Crippen molar-refractivity contribution in [3.63, 3.8) is 0 Å². The fourth-order valence-electron chi connectivity index (χ4n) is 1.83. The summed E-state index contributed by atoms with van der Waals surface area (Å²) in [5, 5.41) is 9.15. The van der Waals surface area contributed by atoms with Crippen LogP contribution in [0.25, 0.3) is 0 Å². The Labute approximate surface area is 90.8 Å². The van der Waals surface area contributed by atoms with Gasteiger partial charge < -0.3 is 9.64 Å². The van der Waals surface area contributed by atoms with Gasteiger partial charge in [-0.15, -0.1) is 0 Å². The molecule has 1 aliphatic rings. The van der Waals surface area contributed by atoms with Crippen molar-refractivity contribution in [1.29, 1.82) is 5.26 Å². The van der Waals surface area contributed by atoms with Gasteiger partial charge in [0, 0.05) is 13.1 Å². The van der Waals surface area contributed by atoms with Gasteiger partial charge in [0.2, 0.25) is 5.91 Å². The highest BCUT2D eigenvalue weighted by molar-refractivity contribution is 5.85. The molecule has 0 unspecified atom stereocenters. The molecule has 4 nitrogen and oxygen atoms in total. The third-order valence-electron chi connectivity index (χ3n) is 3.13. The first kappa shape index (κ1) is 12.0. The number of ether oxygens (including phenoxy) is 1. The molecule has 15 heavy (non-hydrogen) atoms. The minimum absolute atomic E-state index is 0.0294. The van der Waals surface area contributed by atoms with Crippen molar-refractivity contribution in [3.8, 4) is 6.07 Å². The Morgan fingerprint density at radius 2 is 1.93 bits per heavy atom. The monoisotopic (exact) mass is 210 g/mol. The van der Waals surface area contributed by atoms with Gasteiger partial charge in [-0.25, -0.2) is 0 Å². The second-order valence-electron chi connectivity index (χ2n) is 3.81. The number of carbonyl (C=O) groups excluding carboxylic acids is 1. The van der Waals surface area contributed by atoms with Crippen LogP contribution < -0.4 is 0 Å². The highest BCUT2D eigenvalue weighted by Gasteiger charge is 2.38. The topological polar surface area (TPSA) is 53.3 Å². The summed E-state index contributed by atoms with van der Waals surface area (Å²) in [6, 6.07) is 2.18. The smallest absolute Gasteiger partial charge is 0.243 e. The Morgan fingerprint density at radius 3 is 2.33 bits per heavy atom. The Bertz CT molecular complexity index is 260. The van der Waals surface area contributed by atoms with Crippen LogP contribution >= 0.6 is 0 Å². The van der Waals surface area contributed by atoms with E-state index < -0.39 is 5.41 Å². The van der Waals surface area contributed by atoms with Crippen molar-refractivity contribution in [2.24, 2.45) is 5.41 Å². The summed E-state index contributed by atoms with van der Waals surface area (Å²) in [5.74, 6) is -0.0294. The number of morpholine rings is 1. The van der Waals surface area contributed by atoms with Crippen molar-refractivity contribution < 1.29 is 9.53 Å². The summed E-state index contributed by atoms with van der Waals surface area (Å²) in [5.41, 5.74) is -0.822. The van der Waals surface area contributed by atoms with Crippen LogP contribution in [0.5, 0.6) is 0 Å². The maximum atomic E-state index is 12.2. The molecule has 0 N–H and O–H groups in total. The van der Waals surface area contributed by atoms with Crippen molar-refractivity contribution >= 4 is 5.91 Å². The molecule has 84 valence electrons. The van der Waals surface area contributed by atoms with E-state index in [0.717, 1.165) is 0 Å². The Balaban J connectivity index is 2.76. The van der Waals surface area contributed by atoms with E-state index >= 15 is 0 Å². The van der Waals surface area contributed by atoms with Crippen molar-refractivity contribution in [1.82, 2.24) is 4.90 Å². The molecular formula is C11H18N2O2. The van der Waals surface area contributed by atoms with E-state index in [9.17, 15) is 4.79 Å². The molecule has 0 aromatic rings. The van der Waals surface area contributed by atoms with Gasteiger partial charge in [0.05, 0.1) is 19.3 Å². The lowest BCUT2D eigenvalue weighted by Gasteiger charge is -2.33. The van der Waals surface area contributed by atoms with E-state index in [4.69, 9.17) is 10.00 Å². The van der Waals surface area contributed by atoms with Crippen molar-refractivity contribution in [3.05, 3.63) is 0 Å². The number of rotatable bonds is 3. The fraction of sp³-hybridized carbons (Fsp3) is 0.818. The Hall–Kier alpha value is -1.08. The number of hydrogen-bond donors (Lipinski definition) is 0. The molecule has 1 amide bonds. The van der Waals surface area contributed by atoms with E-state index in [1.165, 1.54) is 0 Å². The van der Waals surface area contributed by atoms with Gasteiger partial charge in [-0.2, -0.15) is 5.26 Å². The van der Waals surface area contributed by atoms with Crippen LogP contribution in [0.1, 0.15) is 26.7 Å². The summed E-state index contributed by atoms with van der Waals surface area (Å²) in [4.78, 5) is 13.9. The summed E-state index contributed by atoms with van der Waals surface area (Å²) >= 11 is 0. The zero-order valence-electron chi connectivity index (χ0n) is 9.45. The first-order valence-corrected chi connectivity index (χ1v) is 5.48. The minimum Gasteiger partial charge on any atom is -0.378 e. The molecule has 1 heterocycles. The normalized spacial score (nSPS) is 17.3. The molecule has 4 heteroatoms. The molecule has 1 rings (SSSR count). The zero-order chi connectivity index (χ0) is 11.3. The van der Waals surface area contributed by atoms with Gasteiger partial charge in [0.15, 0.2) is 0 Å². The average molecular weight is 210 g/mol. The molecule has 1 saturated heterocycles. The summed E-state index contributed by atoms with van der Waals surface area (Å²) < 4.78 is 5.19. The molecule has 0 aliphatic carbocycles. The van der Waals surface area contributed by atoms with Crippen LogP contribution in [0.3, 0.4) is 0 Å². The van der Waals surface area contributed by atoms with Gasteiger partial charge in [0.1, 0.15) is 5.41 Å². The molecule has 0 aromatic heterocycles. The van der Waals surface area contributed by atoms with E-state index in [2.05, 4.69) is 6.07 Å². The summed E-state index contributed by atoms with van der Waals surface area (Å²) in [6.45, 7) is 6.18. The van der Waals surface area contributed by atoms with Gasteiger partial charge >= 0.3 is 0 Å². The lowest BCUT2D eigenvalue weighted by molar-refractivity contribution is -0.143. The zero-order valence-corrected chi connectivity index (χ0v) is 9.45.